The third-order valence-electron chi connectivity index (χ3n) is 3.73. The molecule has 1 aliphatic carbocycles. The molecule has 1 aromatic carbocycles. The van der Waals surface area contributed by atoms with Crippen LogP contribution in [0.5, 0.6) is 0 Å². The van der Waals surface area contributed by atoms with Crippen molar-refractivity contribution in [2.45, 2.75) is 43.4 Å². The van der Waals surface area contributed by atoms with Gasteiger partial charge >= 0.3 is 0 Å². The van der Waals surface area contributed by atoms with Gasteiger partial charge in [0.15, 0.2) is 0 Å². The molecule has 21 heavy (non-hydrogen) atoms. The third kappa shape index (κ3) is 3.60. The first-order valence-corrected chi connectivity index (χ1v) is 8.34. The van der Waals surface area contributed by atoms with Crippen LogP contribution in [-0.2, 0) is 21.3 Å². The van der Waals surface area contributed by atoms with Crippen LogP contribution in [0.4, 0.5) is 4.39 Å². The van der Waals surface area contributed by atoms with E-state index in [0.29, 0.717) is 24.0 Å². The summed E-state index contributed by atoms with van der Waals surface area (Å²) in [6, 6.07) is 2.63. The van der Waals surface area contributed by atoms with Gasteiger partial charge in [-0.25, -0.2) is 17.5 Å². The highest BCUT2D eigenvalue weighted by Crippen LogP contribution is 2.25. The van der Waals surface area contributed by atoms with Gasteiger partial charge in [0, 0.05) is 25.3 Å². The van der Waals surface area contributed by atoms with Gasteiger partial charge in [0.1, 0.15) is 5.82 Å². The second kappa shape index (κ2) is 6.39. The van der Waals surface area contributed by atoms with Crippen molar-refractivity contribution in [3.05, 3.63) is 29.1 Å². The van der Waals surface area contributed by atoms with E-state index < -0.39 is 10.0 Å². The molecule has 1 fully saturated rings. The van der Waals surface area contributed by atoms with Crippen molar-refractivity contribution < 1.29 is 17.5 Å². The quantitative estimate of drug-likeness (QED) is 0.830. The highest BCUT2D eigenvalue weighted by Gasteiger charge is 2.33. The summed E-state index contributed by atoms with van der Waals surface area (Å²) >= 11 is 0. The van der Waals surface area contributed by atoms with E-state index in [1.165, 1.54) is 12.1 Å². The van der Waals surface area contributed by atoms with Gasteiger partial charge in [0.2, 0.25) is 10.0 Å². The van der Waals surface area contributed by atoms with Crippen molar-refractivity contribution in [1.82, 2.24) is 10.0 Å². The molecular formula is C14H21FN2O3S. The molecule has 2 rings (SSSR count). The Morgan fingerprint density at radius 2 is 2.05 bits per heavy atom. The Hall–Kier alpha value is -1.02. The van der Waals surface area contributed by atoms with Crippen molar-refractivity contribution in [1.29, 1.82) is 0 Å². The first-order chi connectivity index (χ1) is 9.87. The van der Waals surface area contributed by atoms with E-state index in [9.17, 15) is 12.8 Å². The van der Waals surface area contributed by atoms with Gasteiger partial charge in [-0.1, -0.05) is 0 Å². The molecule has 0 aromatic heterocycles. The van der Waals surface area contributed by atoms with Gasteiger partial charge in [-0.05, 0) is 44.5 Å². The van der Waals surface area contributed by atoms with Crippen molar-refractivity contribution in [2.24, 2.45) is 0 Å². The molecule has 0 aliphatic heterocycles. The number of hydrogen-bond acceptors (Lipinski definition) is 4. The van der Waals surface area contributed by atoms with Crippen molar-refractivity contribution in [2.75, 3.05) is 14.2 Å². The molecule has 0 atom stereocenters. The average Bonchev–Trinajstić information content (AvgIpc) is 2.38. The molecule has 0 radical (unpaired) electrons. The minimum Gasteiger partial charge on any atom is -0.381 e. The lowest BCUT2D eigenvalue weighted by Gasteiger charge is -2.34. The summed E-state index contributed by atoms with van der Waals surface area (Å²) < 4.78 is 46.4. The predicted octanol–water partition coefficient (Wildman–Crippen LogP) is 1.31. The largest absolute Gasteiger partial charge is 0.381 e. The first kappa shape index (κ1) is 16.4. The van der Waals surface area contributed by atoms with Gasteiger partial charge in [-0.15, -0.1) is 0 Å². The Morgan fingerprint density at radius 3 is 2.62 bits per heavy atom. The average molecular weight is 316 g/mol. The molecule has 118 valence electrons. The maximum absolute atomic E-state index is 13.9. The highest BCUT2D eigenvalue weighted by atomic mass is 32.2. The molecule has 0 bridgehead atoms. The van der Waals surface area contributed by atoms with Crippen LogP contribution in [0.2, 0.25) is 0 Å². The minimum absolute atomic E-state index is 0.104. The molecule has 0 spiro atoms. The topological polar surface area (TPSA) is 67.4 Å². The zero-order valence-corrected chi connectivity index (χ0v) is 13.3. The molecule has 1 aromatic rings. The number of nitrogens with one attached hydrogen (secondary N) is 2. The zero-order valence-electron chi connectivity index (χ0n) is 12.4. The van der Waals surface area contributed by atoms with Crippen LogP contribution in [0, 0.1) is 12.7 Å². The molecule has 0 unspecified atom stereocenters. The van der Waals surface area contributed by atoms with E-state index in [1.807, 2.05) is 0 Å². The lowest BCUT2D eigenvalue weighted by atomic mass is 9.90. The summed E-state index contributed by atoms with van der Waals surface area (Å²) in [6.07, 6.45) is 1.45. The molecule has 1 aliphatic rings. The normalized spacial score (nSPS) is 22.1. The van der Waals surface area contributed by atoms with Crippen LogP contribution in [0.1, 0.15) is 24.0 Å². The highest BCUT2D eigenvalue weighted by molar-refractivity contribution is 7.89. The number of sulfonamides is 1. The molecular weight excluding hydrogens is 295 g/mol. The van der Waals surface area contributed by atoms with Crippen LogP contribution in [-0.4, -0.2) is 34.7 Å². The smallest absolute Gasteiger partial charge is 0.240 e. The van der Waals surface area contributed by atoms with Crippen LogP contribution >= 0.6 is 0 Å². The van der Waals surface area contributed by atoms with E-state index in [0.717, 1.165) is 0 Å². The molecule has 0 saturated heterocycles. The number of ether oxygens (including phenoxy) is 1. The minimum atomic E-state index is -3.63. The fourth-order valence-corrected chi connectivity index (χ4v) is 3.82. The van der Waals surface area contributed by atoms with Crippen LogP contribution in [0.15, 0.2) is 17.0 Å². The maximum Gasteiger partial charge on any atom is 0.240 e. The lowest BCUT2D eigenvalue weighted by Crippen LogP contribution is -2.47. The first-order valence-electron chi connectivity index (χ1n) is 6.86. The number of benzene rings is 1. The van der Waals surface area contributed by atoms with E-state index in [2.05, 4.69) is 10.0 Å². The molecule has 7 heteroatoms. The Morgan fingerprint density at radius 1 is 1.38 bits per heavy atom. The number of hydrogen-bond donors (Lipinski definition) is 2. The number of halogens is 1. The molecule has 0 heterocycles. The monoisotopic (exact) mass is 316 g/mol. The number of methoxy groups -OCH3 is 1. The fraction of sp³-hybridized carbons (Fsp3) is 0.571. The number of rotatable bonds is 6. The van der Waals surface area contributed by atoms with Gasteiger partial charge in [0.05, 0.1) is 11.0 Å². The molecule has 2 N–H and O–H groups in total. The fourth-order valence-electron chi connectivity index (χ4n) is 2.42. The Bertz CT molecular complexity index is 613. The van der Waals surface area contributed by atoms with Gasteiger partial charge in [-0.3, -0.25) is 0 Å². The Labute approximate surface area is 124 Å². The number of aryl methyl sites for hydroxylation is 1. The summed E-state index contributed by atoms with van der Waals surface area (Å²) in [4.78, 5) is 0.104. The Balaban J connectivity index is 2.20. The van der Waals surface area contributed by atoms with Gasteiger partial charge < -0.3 is 10.1 Å². The lowest BCUT2D eigenvalue weighted by molar-refractivity contribution is 0.0236. The van der Waals surface area contributed by atoms with Crippen LogP contribution in [0.25, 0.3) is 0 Å². The van der Waals surface area contributed by atoms with E-state index in [4.69, 9.17) is 4.74 Å². The van der Waals surface area contributed by atoms with E-state index in [-0.39, 0.29) is 29.4 Å². The summed E-state index contributed by atoms with van der Waals surface area (Å²) in [5, 5.41) is 2.84. The van der Waals surface area contributed by atoms with Crippen LogP contribution < -0.4 is 10.0 Å². The summed E-state index contributed by atoms with van der Waals surface area (Å²) in [6.45, 7) is 1.85. The second-order valence-electron chi connectivity index (χ2n) is 5.39. The molecule has 5 nitrogen and oxygen atoms in total. The van der Waals surface area contributed by atoms with Crippen molar-refractivity contribution in [3.8, 4) is 0 Å². The van der Waals surface area contributed by atoms with Crippen LogP contribution in [0.3, 0.4) is 0 Å². The SMILES string of the molecule is CNCc1cc(S(=O)(=O)NC2CC(OC)C2)cc(C)c1F. The summed E-state index contributed by atoms with van der Waals surface area (Å²) in [5.74, 6) is -0.369. The van der Waals surface area contributed by atoms with Gasteiger partial charge in [0.25, 0.3) is 0 Å². The standard InChI is InChI=1S/C14H21FN2O3S/c1-9-4-13(5-10(8-16-2)14(9)15)21(18,19)17-11-6-12(7-11)20-3/h4-5,11-12,16-17H,6-8H2,1-3H3. The van der Waals surface area contributed by atoms with Gasteiger partial charge in [-0.2, -0.15) is 0 Å². The maximum atomic E-state index is 13.9. The molecule has 1 saturated carbocycles. The van der Waals surface area contributed by atoms with E-state index in [1.54, 1.807) is 21.1 Å². The third-order valence-corrected chi connectivity index (χ3v) is 5.23. The molecule has 0 amide bonds. The Kier molecular flexibility index (Phi) is 4.98. The predicted molar refractivity (Wildman–Crippen MR) is 78.0 cm³/mol. The summed E-state index contributed by atoms with van der Waals surface area (Å²) in [7, 11) is -0.330. The summed E-state index contributed by atoms with van der Waals surface area (Å²) in [5.41, 5.74) is 0.674. The van der Waals surface area contributed by atoms with E-state index >= 15 is 0 Å². The second-order valence-corrected chi connectivity index (χ2v) is 7.10. The van der Waals surface area contributed by atoms with Crippen molar-refractivity contribution in [3.63, 3.8) is 0 Å². The van der Waals surface area contributed by atoms with Crippen molar-refractivity contribution >= 4 is 10.0 Å². The zero-order chi connectivity index (χ0) is 15.6.